The first-order valence-electron chi connectivity index (χ1n) is 5.90. The highest BCUT2D eigenvalue weighted by Crippen LogP contribution is 2.39. The second-order valence-corrected chi connectivity index (χ2v) is 4.28. The van der Waals surface area contributed by atoms with Crippen molar-refractivity contribution in [1.29, 1.82) is 0 Å². The molecule has 88 valence electrons. The maximum absolute atomic E-state index is 8.36. The SMILES string of the molecule is CCC1Cc2cccc3cccc1c23.O=CO. The molecule has 0 bridgehead atoms. The van der Waals surface area contributed by atoms with Gasteiger partial charge in [-0.1, -0.05) is 43.3 Å². The van der Waals surface area contributed by atoms with Crippen molar-refractivity contribution >= 4 is 17.2 Å². The second-order valence-electron chi connectivity index (χ2n) is 4.28. The third kappa shape index (κ3) is 2.03. The van der Waals surface area contributed by atoms with Crippen LogP contribution in [0.5, 0.6) is 0 Å². The molecule has 1 atom stereocenters. The average molecular weight is 228 g/mol. The molecule has 1 aliphatic rings. The lowest BCUT2D eigenvalue weighted by Crippen LogP contribution is -1.92. The fourth-order valence-electron chi connectivity index (χ4n) is 2.70. The Morgan fingerprint density at radius 2 is 1.94 bits per heavy atom. The molecule has 1 N–H and O–H groups in total. The first-order valence-corrected chi connectivity index (χ1v) is 5.90. The number of benzene rings is 2. The minimum atomic E-state index is -0.250. The van der Waals surface area contributed by atoms with E-state index in [-0.39, 0.29) is 6.47 Å². The average Bonchev–Trinajstić information content (AvgIpc) is 2.72. The molecular weight excluding hydrogens is 212 g/mol. The Labute approximate surface area is 101 Å². The van der Waals surface area contributed by atoms with E-state index in [4.69, 9.17) is 9.90 Å². The highest BCUT2D eigenvalue weighted by Gasteiger charge is 2.21. The third-order valence-electron chi connectivity index (χ3n) is 3.42. The summed E-state index contributed by atoms with van der Waals surface area (Å²) in [6.45, 7) is 2.04. The van der Waals surface area contributed by atoms with Gasteiger partial charge < -0.3 is 5.11 Å². The van der Waals surface area contributed by atoms with Gasteiger partial charge in [0.2, 0.25) is 0 Å². The Bertz CT molecular complexity index is 526. The topological polar surface area (TPSA) is 37.3 Å². The van der Waals surface area contributed by atoms with Crippen LogP contribution < -0.4 is 0 Å². The summed E-state index contributed by atoms with van der Waals surface area (Å²) in [6.07, 6.45) is 2.50. The van der Waals surface area contributed by atoms with Crippen molar-refractivity contribution in [2.75, 3.05) is 0 Å². The highest BCUT2D eigenvalue weighted by atomic mass is 16.3. The van der Waals surface area contributed by atoms with E-state index in [9.17, 15) is 0 Å². The van der Waals surface area contributed by atoms with Crippen LogP contribution in [0, 0.1) is 0 Å². The van der Waals surface area contributed by atoms with E-state index in [2.05, 4.69) is 43.3 Å². The van der Waals surface area contributed by atoms with Crippen LogP contribution in [-0.2, 0) is 11.2 Å². The van der Waals surface area contributed by atoms with Crippen LogP contribution in [-0.4, -0.2) is 11.6 Å². The third-order valence-corrected chi connectivity index (χ3v) is 3.42. The van der Waals surface area contributed by atoms with E-state index in [0.29, 0.717) is 0 Å². The highest BCUT2D eigenvalue weighted by molar-refractivity contribution is 5.91. The van der Waals surface area contributed by atoms with Gasteiger partial charge in [0, 0.05) is 0 Å². The van der Waals surface area contributed by atoms with E-state index in [1.807, 2.05) is 0 Å². The van der Waals surface area contributed by atoms with Crippen molar-refractivity contribution in [2.45, 2.75) is 25.7 Å². The summed E-state index contributed by atoms with van der Waals surface area (Å²) in [5, 5.41) is 9.83. The van der Waals surface area contributed by atoms with E-state index in [1.54, 1.807) is 11.1 Å². The minimum Gasteiger partial charge on any atom is -0.483 e. The zero-order valence-electron chi connectivity index (χ0n) is 9.89. The zero-order chi connectivity index (χ0) is 12.3. The molecule has 0 radical (unpaired) electrons. The van der Waals surface area contributed by atoms with Crippen molar-refractivity contribution in [3.63, 3.8) is 0 Å². The molecule has 0 amide bonds. The molecule has 2 aromatic carbocycles. The standard InChI is InChI=1S/C14H14.CH2O2/c1-2-10-9-12-7-3-5-11-6-4-8-13(10)14(11)12;2-1-3/h3-8,10H,2,9H2,1H3;1H,(H,2,3). The smallest absolute Gasteiger partial charge is 0.290 e. The van der Waals surface area contributed by atoms with E-state index in [0.717, 1.165) is 5.92 Å². The molecule has 0 heterocycles. The van der Waals surface area contributed by atoms with Gasteiger partial charge in [0.1, 0.15) is 0 Å². The normalized spacial score (nSPS) is 16.4. The van der Waals surface area contributed by atoms with Crippen molar-refractivity contribution in [1.82, 2.24) is 0 Å². The number of hydrogen-bond acceptors (Lipinski definition) is 1. The molecule has 0 spiro atoms. The molecule has 2 nitrogen and oxygen atoms in total. The van der Waals surface area contributed by atoms with Gasteiger partial charge in [-0.05, 0) is 40.7 Å². The Morgan fingerprint density at radius 3 is 2.59 bits per heavy atom. The molecule has 17 heavy (non-hydrogen) atoms. The lowest BCUT2D eigenvalue weighted by molar-refractivity contribution is -0.122. The number of carbonyl (C=O) groups is 1. The van der Waals surface area contributed by atoms with Crippen LogP contribution >= 0.6 is 0 Å². The lowest BCUT2D eigenvalue weighted by atomic mass is 9.98. The Balaban J connectivity index is 0.000000329. The van der Waals surface area contributed by atoms with Crippen LogP contribution in [0.4, 0.5) is 0 Å². The van der Waals surface area contributed by atoms with E-state index in [1.165, 1.54) is 23.6 Å². The Morgan fingerprint density at radius 1 is 1.29 bits per heavy atom. The van der Waals surface area contributed by atoms with Gasteiger partial charge in [-0.2, -0.15) is 0 Å². The fourth-order valence-corrected chi connectivity index (χ4v) is 2.70. The van der Waals surface area contributed by atoms with Gasteiger partial charge in [0.15, 0.2) is 0 Å². The maximum atomic E-state index is 8.36. The lowest BCUT2D eigenvalue weighted by Gasteiger charge is -2.06. The predicted molar refractivity (Wildman–Crippen MR) is 69.4 cm³/mol. The van der Waals surface area contributed by atoms with Crippen LogP contribution in [0.25, 0.3) is 10.8 Å². The van der Waals surface area contributed by atoms with Crippen LogP contribution in [0.2, 0.25) is 0 Å². The second kappa shape index (κ2) is 5.00. The van der Waals surface area contributed by atoms with Gasteiger partial charge >= 0.3 is 0 Å². The Kier molecular flexibility index (Phi) is 3.43. The van der Waals surface area contributed by atoms with E-state index < -0.39 is 0 Å². The summed E-state index contributed by atoms with van der Waals surface area (Å²) in [7, 11) is 0. The largest absolute Gasteiger partial charge is 0.483 e. The van der Waals surface area contributed by atoms with Crippen molar-refractivity contribution in [3.05, 3.63) is 47.5 Å². The summed E-state index contributed by atoms with van der Waals surface area (Å²) >= 11 is 0. The molecule has 0 fully saturated rings. The summed E-state index contributed by atoms with van der Waals surface area (Å²) in [5.74, 6) is 0.760. The van der Waals surface area contributed by atoms with Crippen LogP contribution in [0.3, 0.4) is 0 Å². The molecule has 2 heteroatoms. The van der Waals surface area contributed by atoms with Crippen LogP contribution in [0.15, 0.2) is 36.4 Å². The molecule has 2 aromatic rings. The first kappa shape index (κ1) is 11.6. The molecule has 0 aliphatic heterocycles. The van der Waals surface area contributed by atoms with Gasteiger partial charge in [-0.25, -0.2) is 0 Å². The molecule has 0 saturated carbocycles. The van der Waals surface area contributed by atoms with Crippen molar-refractivity contribution < 1.29 is 9.90 Å². The number of rotatable bonds is 1. The van der Waals surface area contributed by atoms with Gasteiger partial charge in [-0.3, -0.25) is 4.79 Å². The molecular formula is C15H16O2. The molecule has 0 aromatic heterocycles. The van der Waals surface area contributed by atoms with Crippen LogP contribution in [0.1, 0.15) is 30.4 Å². The maximum Gasteiger partial charge on any atom is 0.290 e. The number of hydrogen-bond donors (Lipinski definition) is 1. The van der Waals surface area contributed by atoms with Gasteiger partial charge in [0.25, 0.3) is 6.47 Å². The summed E-state index contributed by atoms with van der Waals surface area (Å²) in [6, 6.07) is 13.4. The number of carboxylic acid groups (broad SMARTS) is 1. The first-order chi connectivity index (χ1) is 8.31. The monoisotopic (exact) mass is 228 g/mol. The molecule has 1 unspecified atom stereocenters. The van der Waals surface area contributed by atoms with Crippen molar-refractivity contribution in [2.24, 2.45) is 0 Å². The minimum absolute atomic E-state index is 0.250. The Hall–Kier alpha value is -1.83. The fraction of sp³-hybridized carbons (Fsp3) is 0.267. The summed E-state index contributed by atoms with van der Waals surface area (Å²) < 4.78 is 0. The molecule has 3 rings (SSSR count). The zero-order valence-corrected chi connectivity index (χ0v) is 9.89. The molecule has 0 saturated heterocycles. The van der Waals surface area contributed by atoms with E-state index >= 15 is 0 Å². The summed E-state index contributed by atoms with van der Waals surface area (Å²) in [4.78, 5) is 8.36. The molecule has 1 aliphatic carbocycles. The summed E-state index contributed by atoms with van der Waals surface area (Å²) in [5.41, 5.74) is 3.12. The van der Waals surface area contributed by atoms with Crippen molar-refractivity contribution in [3.8, 4) is 0 Å². The predicted octanol–water partition coefficient (Wildman–Crippen LogP) is 3.59. The van der Waals surface area contributed by atoms with Gasteiger partial charge in [-0.15, -0.1) is 0 Å². The van der Waals surface area contributed by atoms with Gasteiger partial charge in [0.05, 0.1) is 0 Å². The quantitative estimate of drug-likeness (QED) is 0.757.